The molecule has 0 fully saturated rings. The maximum Gasteiger partial charge on any atom is 0.233 e. The molecule has 3 aromatic rings. The number of carbonyl (C=O) groups is 1. The lowest BCUT2D eigenvalue weighted by atomic mass is 10.1. The number of nitrogens with one attached hydrogen (secondary N) is 1. The monoisotopic (exact) mass is 384 g/mol. The van der Waals surface area contributed by atoms with Crippen LogP contribution in [-0.2, 0) is 24.2 Å². The van der Waals surface area contributed by atoms with Gasteiger partial charge in [-0.05, 0) is 35.4 Å². The summed E-state index contributed by atoms with van der Waals surface area (Å²) >= 11 is 3.17. The van der Waals surface area contributed by atoms with Crippen LogP contribution in [-0.4, -0.2) is 38.3 Å². The van der Waals surface area contributed by atoms with Crippen LogP contribution in [0.15, 0.2) is 40.9 Å². The molecule has 0 unspecified atom stereocenters. The van der Waals surface area contributed by atoms with E-state index < -0.39 is 0 Å². The van der Waals surface area contributed by atoms with Crippen molar-refractivity contribution in [2.45, 2.75) is 31.5 Å². The molecule has 0 atom stereocenters. The Morgan fingerprint density at radius 2 is 2.15 bits per heavy atom. The maximum absolute atomic E-state index is 12.5. The average molecular weight is 385 g/mol. The van der Waals surface area contributed by atoms with Gasteiger partial charge in [-0.3, -0.25) is 9.89 Å². The smallest absolute Gasteiger partial charge is 0.233 e. The normalized spacial score (nSPS) is 13.7. The second kappa shape index (κ2) is 7.63. The summed E-state index contributed by atoms with van der Waals surface area (Å²) in [6, 6.07) is 10.4. The predicted octanol–water partition coefficient (Wildman–Crippen LogP) is 3.77. The molecular formula is C19H20N4OS2. The number of fused-ring (bicyclic) bond motifs is 1. The highest BCUT2D eigenvalue weighted by Crippen LogP contribution is 2.25. The third-order valence-electron chi connectivity index (χ3n) is 4.59. The predicted molar refractivity (Wildman–Crippen MR) is 105 cm³/mol. The fourth-order valence-corrected chi connectivity index (χ4v) is 4.61. The van der Waals surface area contributed by atoms with Crippen LogP contribution in [0.1, 0.15) is 22.9 Å². The van der Waals surface area contributed by atoms with Crippen LogP contribution >= 0.6 is 23.1 Å². The lowest BCUT2D eigenvalue weighted by molar-refractivity contribution is -0.129. The summed E-state index contributed by atoms with van der Waals surface area (Å²) in [7, 11) is 0. The Kier molecular flexibility index (Phi) is 5.08. The number of benzene rings is 1. The molecule has 0 bridgehead atoms. The topological polar surface area (TPSA) is 61.9 Å². The molecule has 0 aliphatic carbocycles. The first kappa shape index (κ1) is 17.3. The van der Waals surface area contributed by atoms with E-state index in [0.717, 1.165) is 37.3 Å². The van der Waals surface area contributed by atoms with E-state index >= 15 is 0 Å². The number of H-pyrrole nitrogens is 1. The van der Waals surface area contributed by atoms with Gasteiger partial charge in [0.15, 0.2) is 5.82 Å². The Bertz CT molecular complexity index is 900. The van der Waals surface area contributed by atoms with Crippen LogP contribution in [0.2, 0.25) is 0 Å². The Hall–Kier alpha value is -2.12. The Morgan fingerprint density at radius 1 is 1.31 bits per heavy atom. The lowest BCUT2D eigenvalue weighted by Gasteiger charge is -2.26. The Balaban J connectivity index is 1.35. The molecule has 0 saturated carbocycles. The molecule has 5 nitrogen and oxygen atoms in total. The van der Waals surface area contributed by atoms with Gasteiger partial charge in [0.1, 0.15) is 0 Å². The summed E-state index contributed by atoms with van der Waals surface area (Å²) in [6.07, 6.45) is 1.98. The van der Waals surface area contributed by atoms with Gasteiger partial charge in [-0.25, -0.2) is 4.98 Å². The number of aryl methyl sites for hydroxylation is 1. The minimum atomic E-state index is 0.144. The van der Waals surface area contributed by atoms with Gasteiger partial charge in [0.25, 0.3) is 0 Å². The minimum Gasteiger partial charge on any atom is -0.337 e. The lowest BCUT2D eigenvalue weighted by Crippen LogP contribution is -2.36. The summed E-state index contributed by atoms with van der Waals surface area (Å²) in [5, 5.41) is 9.92. The molecule has 1 amide bonds. The molecule has 1 aliphatic heterocycles. The largest absolute Gasteiger partial charge is 0.337 e. The highest BCUT2D eigenvalue weighted by Gasteiger charge is 2.21. The number of aromatic amines is 1. The fraction of sp³-hybridized carbons (Fsp3) is 0.316. The zero-order valence-corrected chi connectivity index (χ0v) is 16.2. The molecule has 7 heteroatoms. The number of thioether (sulfide) groups is 1. The van der Waals surface area contributed by atoms with Crippen LogP contribution in [0.25, 0.3) is 11.4 Å². The molecule has 3 heterocycles. The van der Waals surface area contributed by atoms with Crippen molar-refractivity contribution in [3.63, 3.8) is 0 Å². The van der Waals surface area contributed by atoms with Crippen LogP contribution < -0.4 is 0 Å². The third-order valence-corrected chi connectivity index (χ3v) is 6.44. The van der Waals surface area contributed by atoms with Crippen molar-refractivity contribution in [3.8, 4) is 11.4 Å². The summed E-state index contributed by atoms with van der Waals surface area (Å²) in [6.45, 7) is 3.66. The summed E-state index contributed by atoms with van der Waals surface area (Å²) < 4.78 is 0. The second-order valence-electron chi connectivity index (χ2n) is 6.24. The standard InChI is InChI=1S/C19H20N4OS2/c1-2-13-3-5-14(6-4-13)18-20-19(22-21-18)26-12-17(24)23-9-7-16-15(11-23)8-10-25-16/h3-6,8,10H,2,7,9,11-12H2,1H3,(H,20,21,22). The van der Waals surface area contributed by atoms with Crippen molar-refractivity contribution in [3.05, 3.63) is 51.7 Å². The first-order valence-corrected chi connectivity index (χ1v) is 10.6. The summed E-state index contributed by atoms with van der Waals surface area (Å²) in [5.41, 5.74) is 3.59. The zero-order valence-electron chi connectivity index (χ0n) is 14.6. The number of hydrogen-bond acceptors (Lipinski definition) is 5. The van der Waals surface area contributed by atoms with Crippen LogP contribution in [0.5, 0.6) is 0 Å². The van der Waals surface area contributed by atoms with Crippen LogP contribution in [0, 0.1) is 0 Å². The van der Waals surface area contributed by atoms with E-state index in [1.54, 1.807) is 11.3 Å². The fourth-order valence-electron chi connectivity index (χ4n) is 3.02. The second-order valence-corrected chi connectivity index (χ2v) is 8.18. The minimum absolute atomic E-state index is 0.144. The van der Waals surface area contributed by atoms with E-state index in [1.807, 2.05) is 17.0 Å². The molecule has 0 spiro atoms. The van der Waals surface area contributed by atoms with E-state index in [2.05, 4.69) is 45.7 Å². The number of rotatable bonds is 5. The molecule has 0 saturated heterocycles. The molecule has 1 aromatic carbocycles. The van der Waals surface area contributed by atoms with Crippen molar-refractivity contribution < 1.29 is 4.79 Å². The number of nitrogens with zero attached hydrogens (tertiary/aromatic N) is 3. The van der Waals surface area contributed by atoms with E-state index in [-0.39, 0.29) is 5.91 Å². The van der Waals surface area contributed by atoms with Crippen molar-refractivity contribution in [2.75, 3.05) is 12.3 Å². The van der Waals surface area contributed by atoms with E-state index in [0.29, 0.717) is 10.9 Å². The van der Waals surface area contributed by atoms with Gasteiger partial charge in [-0.15, -0.1) is 16.4 Å². The van der Waals surface area contributed by atoms with E-state index in [4.69, 9.17) is 0 Å². The number of hydrogen-bond donors (Lipinski definition) is 1. The van der Waals surface area contributed by atoms with Crippen molar-refractivity contribution in [1.82, 2.24) is 20.1 Å². The molecular weight excluding hydrogens is 364 g/mol. The van der Waals surface area contributed by atoms with Gasteiger partial charge in [-0.1, -0.05) is 43.0 Å². The van der Waals surface area contributed by atoms with Crippen molar-refractivity contribution in [2.24, 2.45) is 0 Å². The number of aromatic nitrogens is 3. The first-order valence-electron chi connectivity index (χ1n) is 8.70. The molecule has 134 valence electrons. The van der Waals surface area contributed by atoms with Gasteiger partial charge < -0.3 is 4.90 Å². The quantitative estimate of drug-likeness (QED) is 0.680. The van der Waals surface area contributed by atoms with Gasteiger partial charge in [0.2, 0.25) is 11.1 Å². The summed E-state index contributed by atoms with van der Waals surface area (Å²) in [5.74, 6) is 1.25. The van der Waals surface area contributed by atoms with Crippen LogP contribution in [0.3, 0.4) is 0 Å². The van der Waals surface area contributed by atoms with Crippen molar-refractivity contribution >= 4 is 29.0 Å². The zero-order chi connectivity index (χ0) is 17.9. The van der Waals surface area contributed by atoms with E-state index in [1.165, 1.54) is 27.8 Å². The first-order chi connectivity index (χ1) is 12.7. The number of carbonyl (C=O) groups excluding carboxylic acids is 1. The van der Waals surface area contributed by atoms with Gasteiger partial charge in [-0.2, -0.15) is 0 Å². The Morgan fingerprint density at radius 3 is 2.96 bits per heavy atom. The van der Waals surface area contributed by atoms with Crippen LogP contribution in [0.4, 0.5) is 0 Å². The molecule has 2 aromatic heterocycles. The van der Waals surface area contributed by atoms with Gasteiger partial charge >= 0.3 is 0 Å². The van der Waals surface area contributed by atoms with E-state index in [9.17, 15) is 4.79 Å². The molecule has 0 radical (unpaired) electrons. The molecule has 1 aliphatic rings. The Labute approximate surface area is 160 Å². The highest BCUT2D eigenvalue weighted by atomic mass is 32.2. The molecule has 4 rings (SSSR count). The molecule has 1 N–H and O–H groups in total. The molecule has 26 heavy (non-hydrogen) atoms. The highest BCUT2D eigenvalue weighted by molar-refractivity contribution is 7.99. The van der Waals surface area contributed by atoms with Gasteiger partial charge in [0, 0.05) is 23.5 Å². The summed E-state index contributed by atoms with van der Waals surface area (Å²) in [4.78, 5) is 20.3. The van der Waals surface area contributed by atoms with Crippen molar-refractivity contribution in [1.29, 1.82) is 0 Å². The van der Waals surface area contributed by atoms with Gasteiger partial charge in [0.05, 0.1) is 5.75 Å². The number of amides is 1. The SMILES string of the molecule is CCc1ccc(-c2nc(SCC(=O)N3CCc4sccc4C3)n[nH]2)cc1. The maximum atomic E-state index is 12.5. The average Bonchev–Trinajstić information content (AvgIpc) is 3.35. The third kappa shape index (κ3) is 3.68. The number of thiophene rings is 1.